The maximum Gasteiger partial charge on any atom is 0.409 e. The Morgan fingerprint density at radius 3 is 2.68 bits per heavy atom. The van der Waals surface area contributed by atoms with Crippen molar-refractivity contribution < 1.29 is 14.8 Å². The average molecular weight is 259 g/mol. The number of amides is 1. The fraction of sp³-hybridized carbons (Fsp3) is 0. The molecule has 0 aliphatic rings. The summed E-state index contributed by atoms with van der Waals surface area (Å²) in [6.07, 6.45) is 0.221. The summed E-state index contributed by atoms with van der Waals surface area (Å²) in [4.78, 5) is 24.9. The van der Waals surface area contributed by atoms with E-state index in [-0.39, 0.29) is 11.4 Å². The summed E-state index contributed by atoms with van der Waals surface area (Å²) in [5, 5.41) is 21.5. The van der Waals surface area contributed by atoms with E-state index in [0.717, 1.165) is 0 Å². The number of nitro benzene ring substituents is 1. The number of hydrogen-bond acceptors (Lipinski definition) is 4. The Morgan fingerprint density at radius 1 is 1.32 bits per heavy atom. The molecule has 1 heterocycles. The minimum absolute atomic E-state index is 0.0721. The van der Waals surface area contributed by atoms with Crippen molar-refractivity contribution in [2.24, 2.45) is 0 Å². The van der Waals surface area contributed by atoms with Gasteiger partial charge in [0.15, 0.2) is 0 Å². The van der Waals surface area contributed by atoms with Crippen LogP contribution in [0, 0.1) is 10.1 Å². The Labute approximate surface area is 107 Å². The molecule has 1 amide bonds. The van der Waals surface area contributed by atoms with Gasteiger partial charge in [-0.3, -0.25) is 20.4 Å². The fourth-order valence-electron chi connectivity index (χ4n) is 1.60. The first kappa shape index (κ1) is 12.5. The molecular formula is C12H9N3O4. The predicted molar refractivity (Wildman–Crippen MR) is 68.0 cm³/mol. The number of nitrogens with zero attached hydrogens (tertiary/aromatic N) is 2. The lowest BCUT2D eigenvalue weighted by Gasteiger charge is -2.05. The Kier molecular flexibility index (Phi) is 3.37. The molecule has 0 saturated carbocycles. The van der Waals surface area contributed by atoms with Crippen LogP contribution in [0.3, 0.4) is 0 Å². The highest BCUT2D eigenvalue weighted by Crippen LogP contribution is 2.29. The third-order valence-corrected chi connectivity index (χ3v) is 2.40. The summed E-state index contributed by atoms with van der Waals surface area (Å²) in [5.41, 5.74) is 0.735. The maximum atomic E-state index is 10.9. The first-order valence-electron chi connectivity index (χ1n) is 5.28. The highest BCUT2D eigenvalue weighted by Gasteiger charge is 2.17. The largest absolute Gasteiger partial charge is 0.465 e. The van der Waals surface area contributed by atoms with Crippen LogP contribution in [0.4, 0.5) is 16.2 Å². The van der Waals surface area contributed by atoms with Gasteiger partial charge in [0.2, 0.25) is 0 Å². The normalized spacial score (nSPS) is 9.89. The van der Waals surface area contributed by atoms with Crippen LogP contribution >= 0.6 is 0 Å². The molecule has 0 spiro atoms. The molecule has 2 N–H and O–H groups in total. The lowest BCUT2D eigenvalue weighted by Crippen LogP contribution is -2.09. The summed E-state index contributed by atoms with van der Waals surface area (Å²) >= 11 is 0. The van der Waals surface area contributed by atoms with E-state index in [2.05, 4.69) is 4.98 Å². The van der Waals surface area contributed by atoms with Gasteiger partial charge in [-0.15, -0.1) is 0 Å². The van der Waals surface area contributed by atoms with Crippen LogP contribution in [0.1, 0.15) is 0 Å². The van der Waals surface area contributed by atoms with Crippen molar-refractivity contribution in [3.8, 4) is 11.3 Å². The van der Waals surface area contributed by atoms with Gasteiger partial charge in [-0.2, -0.15) is 0 Å². The zero-order chi connectivity index (χ0) is 13.8. The van der Waals surface area contributed by atoms with Gasteiger partial charge in [0.05, 0.1) is 10.6 Å². The number of anilines is 1. The highest BCUT2D eigenvalue weighted by molar-refractivity contribution is 5.87. The number of carboxylic acid groups (broad SMARTS) is 1. The van der Waals surface area contributed by atoms with Gasteiger partial charge < -0.3 is 5.11 Å². The van der Waals surface area contributed by atoms with Crippen molar-refractivity contribution in [1.82, 2.24) is 4.98 Å². The van der Waals surface area contributed by atoms with Gasteiger partial charge in [0.1, 0.15) is 5.69 Å². The van der Waals surface area contributed by atoms with E-state index >= 15 is 0 Å². The summed E-state index contributed by atoms with van der Waals surface area (Å²) < 4.78 is 0. The minimum Gasteiger partial charge on any atom is -0.465 e. The molecule has 0 atom stereocenters. The van der Waals surface area contributed by atoms with Crippen LogP contribution in [0.5, 0.6) is 0 Å². The van der Waals surface area contributed by atoms with E-state index in [9.17, 15) is 14.9 Å². The summed E-state index contributed by atoms with van der Waals surface area (Å²) in [7, 11) is 0. The highest BCUT2D eigenvalue weighted by atomic mass is 16.6. The second-order valence-corrected chi connectivity index (χ2v) is 3.63. The standard InChI is InChI=1S/C12H9N3O4/c16-12(17)14-10-5-4-8(7-11(10)15(18)19)9-3-1-2-6-13-9/h1-7,14H,(H,16,17). The van der Waals surface area contributed by atoms with Gasteiger partial charge >= 0.3 is 6.09 Å². The molecule has 0 fully saturated rings. The van der Waals surface area contributed by atoms with Crippen molar-refractivity contribution >= 4 is 17.5 Å². The van der Waals surface area contributed by atoms with Gasteiger partial charge in [-0.25, -0.2) is 4.79 Å². The lowest BCUT2D eigenvalue weighted by molar-refractivity contribution is -0.383. The smallest absolute Gasteiger partial charge is 0.409 e. The van der Waals surface area contributed by atoms with Crippen LogP contribution in [0.15, 0.2) is 42.6 Å². The molecule has 0 radical (unpaired) electrons. The van der Waals surface area contributed by atoms with Crippen molar-refractivity contribution in [3.05, 3.63) is 52.7 Å². The van der Waals surface area contributed by atoms with Crippen LogP contribution in [-0.2, 0) is 0 Å². The average Bonchev–Trinajstić information content (AvgIpc) is 2.39. The quantitative estimate of drug-likeness (QED) is 0.651. The van der Waals surface area contributed by atoms with E-state index in [0.29, 0.717) is 11.3 Å². The zero-order valence-electron chi connectivity index (χ0n) is 9.61. The van der Waals surface area contributed by atoms with Gasteiger partial charge in [-0.1, -0.05) is 12.1 Å². The molecule has 7 heteroatoms. The van der Waals surface area contributed by atoms with E-state index < -0.39 is 11.0 Å². The second kappa shape index (κ2) is 5.13. The number of aromatic nitrogens is 1. The molecule has 7 nitrogen and oxygen atoms in total. The first-order valence-corrected chi connectivity index (χ1v) is 5.28. The van der Waals surface area contributed by atoms with Crippen LogP contribution in [-0.4, -0.2) is 21.1 Å². The van der Waals surface area contributed by atoms with E-state index in [1.165, 1.54) is 12.1 Å². The number of carbonyl (C=O) groups is 1. The predicted octanol–water partition coefficient (Wildman–Crippen LogP) is 2.75. The number of pyridine rings is 1. The zero-order valence-corrected chi connectivity index (χ0v) is 9.61. The van der Waals surface area contributed by atoms with Gasteiger partial charge in [0, 0.05) is 17.8 Å². The Balaban J connectivity index is 2.48. The van der Waals surface area contributed by atoms with Gasteiger partial charge in [0.25, 0.3) is 5.69 Å². The molecule has 0 unspecified atom stereocenters. The van der Waals surface area contributed by atoms with Crippen molar-refractivity contribution in [3.63, 3.8) is 0 Å². The number of nitrogens with one attached hydrogen (secondary N) is 1. The van der Waals surface area contributed by atoms with Crippen LogP contribution < -0.4 is 5.32 Å². The Bertz CT molecular complexity index is 628. The molecule has 1 aromatic carbocycles. The van der Waals surface area contributed by atoms with Crippen LogP contribution in [0.25, 0.3) is 11.3 Å². The summed E-state index contributed by atoms with van der Waals surface area (Å²) in [6, 6.07) is 9.41. The van der Waals surface area contributed by atoms with Gasteiger partial charge in [-0.05, 0) is 18.2 Å². The topological polar surface area (TPSA) is 105 Å². The molecule has 0 aliphatic heterocycles. The Hall–Kier alpha value is -2.96. The van der Waals surface area contributed by atoms with Crippen LogP contribution in [0.2, 0.25) is 0 Å². The van der Waals surface area contributed by atoms with E-state index in [4.69, 9.17) is 5.11 Å². The molecule has 19 heavy (non-hydrogen) atoms. The minimum atomic E-state index is -1.35. The van der Waals surface area contributed by atoms with E-state index in [1.807, 2.05) is 5.32 Å². The molecular weight excluding hydrogens is 250 g/mol. The molecule has 0 saturated heterocycles. The number of benzene rings is 1. The van der Waals surface area contributed by atoms with Crippen molar-refractivity contribution in [2.45, 2.75) is 0 Å². The number of hydrogen-bond donors (Lipinski definition) is 2. The third kappa shape index (κ3) is 2.83. The Morgan fingerprint density at radius 2 is 2.11 bits per heavy atom. The molecule has 0 aliphatic carbocycles. The molecule has 96 valence electrons. The monoisotopic (exact) mass is 259 g/mol. The van der Waals surface area contributed by atoms with Crippen molar-refractivity contribution in [1.29, 1.82) is 0 Å². The maximum absolute atomic E-state index is 10.9. The molecule has 0 bridgehead atoms. The summed E-state index contributed by atoms with van der Waals surface area (Å²) in [5.74, 6) is 0. The number of rotatable bonds is 3. The van der Waals surface area contributed by atoms with Crippen molar-refractivity contribution in [2.75, 3.05) is 5.32 Å². The fourth-order valence-corrected chi connectivity index (χ4v) is 1.60. The molecule has 2 aromatic rings. The summed E-state index contributed by atoms with van der Waals surface area (Å²) in [6.45, 7) is 0. The SMILES string of the molecule is O=C(O)Nc1ccc(-c2ccccn2)cc1[N+](=O)[O-]. The first-order chi connectivity index (χ1) is 9.08. The lowest BCUT2D eigenvalue weighted by atomic mass is 10.1. The third-order valence-electron chi connectivity index (χ3n) is 2.40. The number of nitro groups is 1. The molecule has 1 aromatic heterocycles. The molecule has 2 rings (SSSR count). The van der Waals surface area contributed by atoms with E-state index in [1.54, 1.807) is 30.5 Å². The second-order valence-electron chi connectivity index (χ2n) is 3.63.